The largest absolute Gasteiger partial charge is 0.494 e. The number of hydrogen-bond acceptors (Lipinski definition) is 5. The minimum Gasteiger partial charge on any atom is -0.494 e. The number of carbonyl (C=O) groups excluding carboxylic acids is 3. The van der Waals surface area contributed by atoms with Crippen LogP contribution in [-0.4, -0.2) is 24.3 Å². The highest BCUT2D eigenvalue weighted by Crippen LogP contribution is 2.18. The van der Waals surface area contributed by atoms with E-state index in [-0.39, 0.29) is 11.3 Å². The van der Waals surface area contributed by atoms with Crippen molar-refractivity contribution in [2.24, 2.45) is 0 Å². The van der Waals surface area contributed by atoms with Gasteiger partial charge >= 0.3 is 0 Å². The summed E-state index contributed by atoms with van der Waals surface area (Å²) in [4.78, 5) is 36.8. The molecule has 3 N–H and O–H groups in total. The Morgan fingerprint density at radius 2 is 1.57 bits per heavy atom. The smallest absolute Gasteiger partial charge is 0.291 e. The molecule has 154 valence electrons. The molecular formula is C22H21N3O5. The zero-order valence-corrected chi connectivity index (χ0v) is 16.5. The van der Waals surface area contributed by atoms with Gasteiger partial charge in [-0.25, -0.2) is 0 Å². The first-order chi connectivity index (χ1) is 14.5. The van der Waals surface area contributed by atoms with Crippen LogP contribution in [-0.2, 0) is 0 Å². The third-order valence-electron chi connectivity index (χ3n) is 4.21. The van der Waals surface area contributed by atoms with Gasteiger partial charge in [0.05, 0.1) is 12.9 Å². The molecule has 0 fully saturated rings. The maximum atomic E-state index is 12.4. The van der Waals surface area contributed by atoms with Gasteiger partial charge in [-0.2, -0.15) is 0 Å². The van der Waals surface area contributed by atoms with Gasteiger partial charge in [0.2, 0.25) is 0 Å². The molecule has 8 heteroatoms. The van der Waals surface area contributed by atoms with Crippen molar-refractivity contribution in [3.63, 3.8) is 0 Å². The predicted octanol–water partition coefficient (Wildman–Crippen LogP) is 3.31. The van der Waals surface area contributed by atoms with E-state index in [2.05, 4.69) is 16.2 Å². The van der Waals surface area contributed by atoms with Crippen molar-refractivity contribution in [1.82, 2.24) is 10.9 Å². The molecule has 0 atom stereocenters. The molecule has 1 aromatic heterocycles. The highest BCUT2D eigenvalue weighted by atomic mass is 16.5. The van der Waals surface area contributed by atoms with E-state index in [0.29, 0.717) is 23.6 Å². The van der Waals surface area contributed by atoms with Crippen molar-refractivity contribution in [2.45, 2.75) is 13.8 Å². The van der Waals surface area contributed by atoms with Gasteiger partial charge in [-0.15, -0.1) is 0 Å². The summed E-state index contributed by atoms with van der Waals surface area (Å²) >= 11 is 0. The Balaban J connectivity index is 1.62. The molecule has 0 unspecified atom stereocenters. The summed E-state index contributed by atoms with van der Waals surface area (Å²) < 4.78 is 10.4. The second kappa shape index (κ2) is 9.42. The van der Waals surface area contributed by atoms with Crippen molar-refractivity contribution >= 4 is 23.4 Å². The van der Waals surface area contributed by atoms with E-state index in [1.165, 1.54) is 18.4 Å². The van der Waals surface area contributed by atoms with Crippen molar-refractivity contribution in [3.05, 3.63) is 83.3 Å². The summed E-state index contributed by atoms with van der Waals surface area (Å²) in [6, 6.07) is 14.5. The maximum Gasteiger partial charge on any atom is 0.291 e. The van der Waals surface area contributed by atoms with Crippen LogP contribution in [0.25, 0.3) is 0 Å². The van der Waals surface area contributed by atoms with Crippen LogP contribution in [0, 0.1) is 6.92 Å². The molecule has 3 aromatic rings. The van der Waals surface area contributed by atoms with E-state index in [0.717, 1.165) is 5.56 Å². The van der Waals surface area contributed by atoms with E-state index in [9.17, 15) is 14.4 Å². The molecular weight excluding hydrogens is 386 g/mol. The number of furan rings is 1. The van der Waals surface area contributed by atoms with Crippen LogP contribution in [0.1, 0.15) is 43.8 Å². The van der Waals surface area contributed by atoms with Gasteiger partial charge in [-0.3, -0.25) is 25.2 Å². The maximum absolute atomic E-state index is 12.4. The molecule has 0 spiro atoms. The Kier molecular flexibility index (Phi) is 6.49. The predicted molar refractivity (Wildman–Crippen MR) is 110 cm³/mol. The Morgan fingerprint density at radius 1 is 0.900 bits per heavy atom. The number of amides is 3. The number of nitrogens with one attached hydrogen (secondary N) is 3. The van der Waals surface area contributed by atoms with Gasteiger partial charge in [0.15, 0.2) is 5.76 Å². The second-order valence-corrected chi connectivity index (χ2v) is 6.33. The molecule has 2 aromatic carbocycles. The minimum atomic E-state index is -0.525. The number of aryl methyl sites for hydroxylation is 1. The zero-order valence-electron chi connectivity index (χ0n) is 16.5. The first-order valence-corrected chi connectivity index (χ1v) is 9.27. The van der Waals surface area contributed by atoms with E-state index < -0.39 is 17.7 Å². The first kappa shape index (κ1) is 20.7. The lowest BCUT2D eigenvalue weighted by Gasteiger charge is -2.11. The molecule has 0 saturated heterocycles. The fourth-order valence-electron chi connectivity index (χ4n) is 2.62. The van der Waals surface area contributed by atoms with Crippen molar-refractivity contribution < 1.29 is 23.5 Å². The fourth-order valence-corrected chi connectivity index (χ4v) is 2.62. The fraction of sp³-hybridized carbons (Fsp3) is 0.136. The van der Waals surface area contributed by atoms with Crippen LogP contribution >= 0.6 is 0 Å². The number of hydrogen-bond donors (Lipinski definition) is 3. The van der Waals surface area contributed by atoms with E-state index in [1.54, 1.807) is 49.4 Å². The molecule has 8 nitrogen and oxygen atoms in total. The lowest BCUT2D eigenvalue weighted by atomic mass is 10.1. The van der Waals surface area contributed by atoms with Gasteiger partial charge in [0.25, 0.3) is 17.7 Å². The molecule has 0 bridgehead atoms. The summed E-state index contributed by atoms with van der Waals surface area (Å²) in [5, 5.41) is 2.70. The average molecular weight is 407 g/mol. The number of rotatable bonds is 6. The van der Waals surface area contributed by atoms with Crippen LogP contribution in [0.15, 0.2) is 65.3 Å². The number of ether oxygens (including phenoxy) is 1. The third-order valence-corrected chi connectivity index (χ3v) is 4.21. The highest BCUT2D eigenvalue weighted by Gasteiger charge is 2.14. The quantitative estimate of drug-likeness (QED) is 0.543. The monoisotopic (exact) mass is 407 g/mol. The van der Waals surface area contributed by atoms with Gasteiger partial charge in [0.1, 0.15) is 5.75 Å². The summed E-state index contributed by atoms with van der Waals surface area (Å²) in [6.45, 7) is 4.20. The molecule has 3 amide bonds. The van der Waals surface area contributed by atoms with Crippen LogP contribution in [0.2, 0.25) is 0 Å². The first-order valence-electron chi connectivity index (χ1n) is 9.27. The molecule has 0 aliphatic carbocycles. The van der Waals surface area contributed by atoms with Gasteiger partial charge in [0, 0.05) is 16.8 Å². The van der Waals surface area contributed by atoms with Crippen LogP contribution in [0.4, 0.5) is 5.69 Å². The van der Waals surface area contributed by atoms with Crippen LogP contribution in [0.5, 0.6) is 5.75 Å². The Hall–Kier alpha value is -4.07. The van der Waals surface area contributed by atoms with Crippen molar-refractivity contribution in [2.75, 3.05) is 11.9 Å². The molecule has 0 saturated carbocycles. The van der Waals surface area contributed by atoms with Crippen LogP contribution in [0.3, 0.4) is 0 Å². The summed E-state index contributed by atoms with van der Waals surface area (Å²) in [7, 11) is 0. The molecule has 0 aliphatic heterocycles. The highest BCUT2D eigenvalue weighted by molar-refractivity contribution is 6.04. The number of carbonyl (C=O) groups is 3. The van der Waals surface area contributed by atoms with Gasteiger partial charge in [-0.05, 0) is 67.9 Å². The van der Waals surface area contributed by atoms with E-state index in [1.807, 2.05) is 6.92 Å². The number of benzene rings is 2. The third kappa shape index (κ3) is 5.05. The minimum absolute atomic E-state index is 0.159. The SMILES string of the molecule is CCOc1ccc(C(=O)NNC(=O)c2ccc(C)c(NC(=O)c3ccco3)c2)cc1. The van der Waals surface area contributed by atoms with Gasteiger partial charge < -0.3 is 14.5 Å². The second-order valence-electron chi connectivity index (χ2n) is 6.33. The Bertz CT molecular complexity index is 1040. The molecule has 30 heavy (non-hydrogen) atoms. The lowest BCUT2D eigenvalue weighted by Crippen LogP contribution is -2.41. The van der Waals surface area contributed by atoms with Crippen LogP contribution < -0.4 is 20.9 Å². The topological polar surface area (TPSA) is 110 Å². The average Bonchev–Trinajstić information content (AvgIpc) is 3.29. The summed E-state index contributed by atoms with van der Waals surface area (Å²) in [6.07, 6.45) is 1.40. The van der Waals surface area contributed by atoms with Crippen molar-refractivity contribution in [3.8, 4) is 5.75 Å². The number of hydrazine groups is 1. The molecule has 0 radical (unpaired) electrons. The number of anilines is 1. The van der Waals surface area contributed by atoms with Crippen molar-refractivity contribution in [1.29, 1.82) is 0 Å². The summed E-state index contributed by atoms with van der Waals surface area (Å²) in [5.74, 6) is -0.606. The Morgan fingerprint density at radius 3 is 2.20 bits per heavy atom. The zero-order chi connectivity index (χ0) is 21.5. The lowest BCUT2D eigenvalue weighted by molar-refractivity contribution is 0.0846. The van der Waals surface area contributed by atoms with E-state index in [4.69, 9.17) is 9.15 Å². The standard InChI is InChI=1S/C22H21N3O5/c1-3-29-17-10-8-15(9-11-17)20(26)24-25-21(27)16-7-6-14(2)18(13-16)23-22(28)19-5-4-12-30-19/h4-13H,3H2,1-2H3,(H,23,28)(H,24,26)(H,25,27). The Labute approximate surface area is 173 Å². The normalized spacial score (nSPS) is 10.2. The summed E-state index contributed by atoms with van der Waals surface area (Å²) in [5.41, 5.74) is 6.59. The van der Waals surface area contributed by atoms with Gasteiger partial charge in [-0.1, -0.05) is 6.07 Å². The molecule has 3 rings (SSSR count). The molecule has 1 heterocycles. The molecule has 0 aliphatic rings. The van der Waals surface area contributed by atoms with E-state index >= 15 is 0 Å².